The van der Waals surface area contributed by atoms with Crippen molar-refractivity contribution >= 4 is 40.9 Å². The first kappa shape index (κ1) is 21.5. The van der Waals surface area contributed by atoms with Gasteiger partial charge in [-0.1, -0.05) is 18.2 Å². The molecule has 162 valence electrons. The number of fused-ring (bicyclic) bond motifs is 1. The molecule has 0 bridgehead atoms. The van der Waals surface area contributed by atoms with Gasteiger partial charge in [0.15, 0.2) is 6.10 Å². The number of thioether (sulfide) groups is 1. The second-order valence-corrected chi connectivity index (χ2v) is 8.04. The van der Waals surface area contributed by atoms with Crippen LogP contribution in [0.2, 0.25) is 0 Å². The summed E-state index contributed by atoms with van der Waals surface area (Å²) in [6.45, 7) is 1.50. The van der Waals surface area contributed by atoms with Crippen LogP contribution in [0, 0.1) is 0 Å². The SMILES string of the molecule is CC(OC(=O)c1ccc2c(c1)NC(=O)CS2)C(=O)Nc1ccc(Oc2ccccc2)cc1. The number of anilines is 2. The topological polar surface area (TPSA) is 93.7 Å². The summed E-state index contributed by atoms with van der Waals surface area (Å²) < 4.78 is 11.0. The van der Waals surface area contributed by atoms with Crippen molar-refractivity contribution in [1.82, 2.24) is 0 Å². The number of ether oxygens (including phenoxy) is 2. The lowest BCUT2D eigenvalue weighted by Gasteiger charge is -2.18. The standard InChI is InChI=1S/C24H20N2O5S/c1-15(30-24(29)16-7-12-21-20(13-16)26-22(27)14-32-21)23(28)25-17-8-10-19(11-9-17)31-18-5-3-2-4-6-18/h2-13,15H,14H2,1H3,(H,25,28)(H,26,27). The molecule has 32 heavy (non-hydrogen) atoms. The van der Waals surface area contributed by atoms with Crippen LogP contribution in [0.3, 0.4) is 0 Å². The van der Waals surface area contributed by atoms with Gasteiger partial charge in [-0.3, -0.25) is 9.59 Å². The maximum Gasteiger partial charge on any atom is 0.338 e. The molecule has 3 aromatic rings. The van der Waals surface area contributed by atoms with E-state index in [0.717, 1.165) is 4.90 Å². The van der Waals surface area contributed by atoms with Crippen molar-refractivity contribution in [2.45, 2.75) is 17.9 Å². The molecule has 2 N–H and O–H groups in total. The minimum absolute atomic E-state index is 0.124. The van der Waals surface area contributed by atoms with Crippen molar-refractivity contribution in [2.24, 2.45) is 0 Å². The molecule has 3 aromatic carbocycles. The van der Waals surface area contributed by atoms with E-state index in [1.54, 1.807) is 42.5 Å². The molecule has 0 saturated heterocycles. The molecule has 0 fully saturated rings. The van der Waals surface area contributed by atoms with Crippen LogP contribution in [-0.4, -0.2) is 29.6 Å². The van der Waals surface area contributed by atoms with Gasteiger partial charge in [-0.15, -0.1) is 11.8 Å². The van der Waals surface area contributed by atoms with Crippen LogP contribution in [0.15, 0.2) is 77.7 Å². The van der Waals surface area contributed by atoms with E-state index in [1.165, 1.54) is 18.7 Å². The van der Waals surface area contributed by atoms with Gasteiger partial charge in [0, 0.05) is 10.6 Å². The summed E-state index contributed by atoms with van der Waals surface area (Å²) in [6.07, 6.45) is -1.01. The van der Waals surface area contributed by atoms with Gasteiger partial charge in [0.1, 0.15) is 11.5 Å². The fraction of sp³-hybridized carbons (Fsp3) is 0.125. The Bertz CT molecular complexity index is 1150. The highest BCUT2D eigenvalue weighted by atomic mass is 32.2. The lowest BCUT2D eigenvalue weighted by molar-refractivity contribution is -0.123. The zero-order valence-electron chi connectivity index (χ0n) is 17.2. The maximum absolute atomic E-state index is 12.5. The number of benzene rings is 3. The highest BCUT2D eigenvalue weighted by Crippen LogP contribution is 2.32. The Morgan fingerprint density at radius 2 is 1.72 bits per heavy atom. The molecule has 1 atom stereocenters. The fourth-order valence-corrected chi connectivity index (χ4v) is 3.76. The quantitative estimate of drug-likeness (QED) is 0.531. The van der Waals surface area contributed by atoms with Crippen LogP contribution >= 0.6 is 11.8 Å². The van der Waals surface area contributed by atoms with E-state index < -0.39 is 18.0 Å². The predicted molar refractivity (Wildman–Crippen MR) is 122 cm³/mol. The summed E-state index contributed by atoms with van der Waals surface area (Å²) in [5, 5.41) is 5.44. The number of hydrogen-bond donors (Lipinski definition) is 2. The molecule has 2 amide bonds. The molecular formula is C24H20N2O5S. The summed E-state index contributed by atoms with van der Waals surface area (Å²) in [7, 11) is 0. The van der Waals surface area contributed by atoms with Crippen LogP contribution in [0.4, 0.5) is 11.4 Å². The van der Waals surface area contributed by atoms with Crippen LogP contribution < -0.4 is 15.4 Å². The number of hydrogen-bond acceptors (Lipinski definition) is 6. The van der Waals surface area contributed by atoms with E-state index in [1.807, 2.05) is 30.3 Å². The number of esters is 1. The van der Waals surface area contributed by atoms with Crippen LogP contribution in [0.5, 0.6) is 11.5 Å². The summed E-state index contributed by atoms with van der Waals surface area (Å²) in [4.78, 5) is 37.3. The average Bonchev–Trinajstić information content (AvgIpc) is 2.80. The molecule has 7 nitrogen and oxygen atoms in total. The molecule has 1 unspecified atom stereocenters. The lowest BCUT2D eigenvalue weighted by Crippen LogP contribution is -2.30. The van der Waals surface area contributed by atoms with Crippen LogP contribution in [0.1, 0.15) is 17.3 Å². The Labute approximate surface area is 189 Å². The molecule has 8 heteroatoms. The second kappa shape index (κ2) is 9.57. The number of para-hydroxylation sites is 1. The van der Waals surface area contributed by atoms with Gasteiger partial charge in [0.2, 0.25) is 5.91 Å². The molecule has 0 saturated carbocycles. The highest BCUT2D eigenvalue weighted by Gasteiger charge is 2.22. The maximum atomic E-state index is 12.5. The molecule has 1 heterocycles. The van der Waals surface area contributed by atoms with Crippen molar-refractivity contribution in [3.05, 3.63) is 78.4 Å². The van der Waals surface area contributed by atoms with Gasteiger partial charge in [0.05, 0.1) is 17.0 Å². The van der Waals surface area contributed by atoms with E-state index in [4.69, 9.17) is 9.47 Å². The van der Waals surface area contributed by atoms with Crippen molar-refractivity contribution in [2.75, 3.05) is 16.4 Å². The van der Waals surface area contributed by atoms with Gasteiger partial charge >= 0.3 is 5.97 Å². The first-order valence-electron chi connectivity index (χ1n) is 9.89. The van der Waals surface area contributed by atoms with Crippen molar-refractivity contribution in [1.29, 1.82) is 0 Å². The summed E-state index contributed by atoms with van der Waals surface area (Å²) in [5.41, 5.74) is 1.37. The van der Waals surface area contributed by atoms with Crippen molar-refractivity contribution in [3.8, 4) is 11.5 Å². The number of rotatable bonds is 6. The Kier molecular flexibility index (Phi) is 6.42. The molecule has 0 aliphatic carbocycles. The Morgan fingerprint density at radius 3 is 2.47 bits per heavy atom. The Balaban J connectivity index is 1.33. The third-order valence-corrected chi connectivity index (χ3v) is 5.68. The van der Waals surface area contributed by atoms with Gasteiger partial charge in [-0.2, -0.15) is 0 Å². The third kappa shape index (κ3) is 5.28. The first-order chi connectivity index (χ1) is 15.5. The fourth-order valence-electron chi connectivity index (χ4n) is 2.97. The molecule has 0 radical (unpaired) electrons. The van der Waals surface area contributed by atoms with E-state index in [0.29, 0.717) is 28.6 Å². The average molecular weight is 449 g/mol. The van der Waals surface area contributed by atoms with Gasteiger partial charge in [-0.05, 0) is 61.5 Å². The minimum atomic E-state index is -1.01. The minimum Gasteiger partial charge on any atom is -0.457 e. The molecule has 1 aliphatic rings. The van der Waals surface area contributed by atoms with E-state index in [9.17, 15) is 14.4 Å². The number of carbonyl (C=O) groups excluding carboxylic acids is 3. The first-order valence-corrected chi connectivity index (χ1v) is 10.9. The molecule has 0 spiro atoms. The number of carbonyl (C=O) groups is 3. The third-order valence-electron chi connectivity index (χ3n) is 4.60. The van der Waals surface area contributed by atoms with E-state index >= 15 is 0 Å². The normalized spacial score (nSPS) is 13.3. The Morgan fingerprint density at radius 1 is 1.00 bits per heavy atom. The zero-order valence-corrected chi connectivity index (χ0v) is 18.0. The lowest BCUT2D eigenvalue weighted by atomic mass is 10.2. The summed E-state index contributed by atoms with van der Waals surface area (Å²) in [6, 6.07) is 21.2. The van der Waals surface area contributed by atoms with Crippen LogP contribution in [0.25, 0.3) is 0 Å². The molecule has 0 aromatic heterocycles. The van der Waals surface area contributed by atoms with Gasteiger partial charge in [-0.25, -0.2) is 4.79 Å². The zero-order chi connectivity index (χ0) is 22.5. The van der Waals surface area contributed by atoms with Crippen molar-refractivity contribution < 1.29 is 23.9 Å². The largest absolute Gasteiger partial charge is 0.457 e. The van der Waals surface area contributed by atoms with E-state index in [-0.39, 0.29) is 11.5 Å². The number of nitrogens with one attached hydrogen (secondary N) is 2. The van der Waals surface area contributed by atoms with Gasteiger partial charge in [0.25, 0.3) is 5.91 Å². The summed E-state index contributed by atoms with van der Waals surface area (Å²) >= 11 is 1.40. The van der Waals surface area contributed by atoms with Gasteiger partial charge < -0.3 is 20.1 Å². The second-order valence-electron chi connectivity index (χ2n) is 7.02. The molecular weight excluding hydrogens is 428 g/mol. The molecule has 4 rings (SSSR count). The smallest absolute Gasteiger partial charge is 0.338 e. The van der Waals surface area contributed by atoms with Crippen molar-refractivity contribution in [3.63, 3.8) is 0 Å². The molecule has 1 aliphatic heterocycles. The summed E-state index contributed by atoms with van der Waals surface area (Å²) in [5.74, 6) is 0.453. The predicted octanol–water partition coefficient (Wildman–Crippen LogP) is 4.71. The highest BCUT2D eigenvalue weighted by molar-refractivity contribution is 8.00. The van der Waals surface area contributed by atoms with Crippen LogP contribution in [-0.2, 0) is 14.3 Å². The Hall–Kier alpha value is -3.78. The number of amides is 2. The monoisotopic (exact) mass is 448 g/mol. The van der Waals surface area contributed by atoms with E-state index in [2.05, 4.69) is 10.6 Å².